The lowest BCUT2D eigenvalue weighted by Gasteiger charge is -2.54. The van der Waals surface area contributed by atoms with Gasteiger partial charge in [-0.15, -0.1) is 0 Å². The highest BCUT2D eigenvalue weighted by Gasteiger charge is 2.52. The van der Waals surface area contributed by atoms with Crippen LogP contribution in [0.3, 0.4) is 0 Å². The van der Waals surface area contributed by atoms with E-state index < -0.39 is 0 Å². The molecule has 5 aliphatic rings. The Bertz CT molecular complexity index is 277. The second-order valence-electron chi connectivity index (χ2n) is 3.94. The Morgan fingerprint density at radius 1 is 1.15 bits per heavy atom. The summed E-state index contributed by atoms with van der Waals surface area (Å²) >= 11 is 0. The van der Waals surface area contributed by atoms with Crippen molar-refractivity contribution >= 4 is 0 Å². The van der Waals surface area contributed by atoms with Crippen molar-refractivity contribution in [3.63, 3.8) is 0 Å². The Labute approximate surface area is 75.6 Å². The van der Waals surface area contributed by atoms with E-state index in [0.29, 0.717) is 0 Å². The van der Waals surface area contributed by atoms with Crippen molar-refractivity contribution in [1.29, 1.82) is 0 Å². The number of ether oxygens (including phenoxy) is 2. The zero-order valence-electron chi connectivity index (χ0n) is 7.17. The molecule has 0 amide bonds. The molecule has 0 spiro atoms. The minimum Gasteiger partial charge on any atom is -0.370 e. The molecule has 0 aromatic heterocycles. The van der Waals surface area contributed by atoms with E-state index in [-0.39, 0.29) is 30.5 Å². The minimum absolute atomic E-state index is 0.00491. The van der Waals surface area contributed by atoms with Crippen molar-refractivity contribution < 1.29 is 9.47 Å². The summed E-state index contributed by atoms with van der Waals surface area (Å²) in [5.74, 6) is 0. The fourth-order valence-corrected chi connectivity index (χ4v) is 2.68. The second kappa shape index (κ2) is 2.61. The third kappa shape index (κ3) is 0.981. The van der Waals surface area contributed by atoms with Crippen LogP contribution in [0.5, 0.6) is 0 Å². The number of nitrogens with zero attached hydrogens (tertiary/aromatic N) is 3. The first-order valence-corrected chi connectivity index (χ1v) is 4.73. The quantitative estimate of drug-likeness (QED) is 0.348. The highest BCUT2D eigenvalue weighted by atomic mass is 16.6. The van der Waals surface area contributed by atoms with Crippen molar-refractivity contribution in [2.45, 2.75) is 49.7 Å². The van der Waals surface area contributed by atoms with Crippen LogP contribution in [-0.2, 0) is 9.47 Å². The van der Waals surface area contributed by atoms with Crippen molar-refractivity contribution in [3.8, 4) is 0 Å². The summed E-state index contributed by atoms with van der Waals surface area (Å²) in [5.41, 5.74) is 8.38. The predicted molar refractivity (Wildman–Crippen MR) is 44.1 cm³/mol. The minimum atomic E-state index is 0.00491. The van der Waals surface area contributed by atoms with Gasteiger partial charge in [0.25, 0.3) is 0 Å². The fourth-order valence-electron chi connectivity index (χ4n) is 2.68. The molecule has 13 heavy (non-hydrogen) atoms. The van der Waals surface area contributed by atoms with Crippen LogP contribution in [0.1, 0.15) is 19.3 Å². The van der Waals surface area contributed by atoms with E-state index >= 15 is 0 Å². The molecule has 0 aromatic rings. The smallest absolute Gasteiger partial charge is 0.0927 e. The second-order valence-corrected chi connectivity index (χ2v) is 3.94. The molecular formula is C8H11N3O2. The largest absolute Gasteiger partial charge is 0.370 e. The Morgan fingerprint density at radius 3 is 2.62 bits per heavy atom. The summed E-state index contributed by atoms with van der Waals surface area (Å²) in [5, 5.41) is 3.76. The van der Waals surface area contributed by atoms with Crippen LogP contribution < -0.4 is 0 Å². The average Bonchev–Trinajstić information content (AvgIpc) is 2.19. The maximum Gasteiger partial charge on any atom is 0.0927 e. The zero-order valence-corrected chi connectivity index (χ0v) is 7.17. The predicted octanol–water partition coefficient (Wildman–Crippen LogP) is 1.38. The summed E-state index contributed by atoms with van der Waals surface area (Å²) in [4.78, 5) is 2.85. The lowest BCUT2D eigenvalue weighted by molar-refractivity contribution is -0.291. The van der Waals surface area contributed by atoms with Crippen molar-refractivity contribution in [1.82, 2.24) is 0 Å². The van der Waals surface area contributed by atoms with Crippen LogP contribution in [-0.4, -0.2) is 30.5 Å². The highest BCUT2D eigenvalue weighted by Crippen LogP contribution is 2.42. The van der Waals surface area contributed by atoms with E-state index in [2.05, 4.69) is 10.0 Å². The topological polar surface area (TPSA) is 67.2 Å². The first-order chi connectivity index (χ1) is 6.38. The summed E-state index contributed by atoms with van der Waals surface area (Å²) in [6.07, 6.45) is 3.66. The normalized spacial score (nSPS) is 51.8. The first kappa shape index (κ1) is 7.62. The molecule has 4 bridgehead atoms. The number of hydrogen-bond donors (Lipinski definition) is 0. The van der Waals surface area contributed by atoms with E-state index in [1.165, 1.54) is 0 Å². The van der Waals surface area contributed by atoms with Crippen LogP contribution >= 0.6 is 0 Å². The van der Waals surface area contributed by atoms with Gasteiger partial charge in [0.15, 0.2) is 0 Å². The maximum absolute atomic E-state index is 8.38. The molecule has 5 rings (SSSR count). The molecule has 5 unspecified atom stereocenters. The summed E-state index contributed by atoms with van der Waals surface area (Å²) in [7, 11) is 0. The van der Waals surface area contributed by atoms with Crippen LogP contribution in [0.25, 0.3) is 10.4 Å². The van der Waals surface area contributed by atoms with Gasteiger partial charge in [0.2, 0.25) is 0 Å². The molecule has 0 radical (unpaired) electrons. The monoisotopic (exact) mass is 181 g/mol. The lowest BCUT2D eigenvalue weighted by atomic mass is 9.81. The SMILES string of the molecule is [N-]=[N+]=NC1CC2OC3CCC2OC13. The number of fused-ring (bicyclic) bond motifs is 2. The molecule has 0 N–H and O–H groups in total. The van der Waals surface area contributed by atoms with E-state index in [4.69, 9.17) is 15.0 Å². The third-order valence-corrected chi connectivity index (χ3v) is 3.25. The standard InChI is InChI=1S/C8H11N3O2/c9-11-10-4-3-7-5-1-2-6(12-7)8(4)13-5/h4-8H,1-3H2. The molecule has 0 saturated carbocycles. The molecule has 5 aliphatic heterocycles. The molecular weight excluding hydrogens is 170 g/mol. The van der Waals surface area contributed by atoms with Crippen LogP contribution in [0.2, 0.25) is 0 Å². The van der Waals surface area contributed by atoms with Gasteiger partial charge in [0.05, 0.1) is 30.5 Å². The molecule has 5 atom stereocenters. The van der Waals surface area contributed by atoms with Gasteiger partial charge in [0.1, 0.15) is 0 Å². The van der Waals surface area contributed by atoms with E-state index in [1.54, 1.807) is 0 Å². The van der Waals surface area contributed by atoms with Gasteiger partial charge in [-0.25, -0.2) is 0 Å². The van der Waals surface area contributed by atoms with Gasteiger partial charge in [-0.1, -0.05) is 5.11 Å². The van der Waals surface area contributed by atoms with Gasteiger partial charge < -0.3 is 9.47 Å². The van der Waals surface area contributed by atoms with E-state index in [1.807, 2.05) is 0 Å². The number of azide groups is 1. The lowest BCUT2D eigenvalue weighted by Crippen LogP contribution is -2.63. The van der Waals surface area contributed by atoms with Gasteiger partial charge in [-0.05, 0) is 24.8 Å². The molecule has 5 nitrogen and oxygen atoms in total. The van der Waals surface area contributed by atoms with Gasteiger partial charge in [-0.3, -0.25) is 0 Å². The maximum atomic E-state index is 8.38. The molecule has 5 fully saturated rings. The Hall–Kier alpha value is -0.770. The van der Waals surface area contributed by atoms with Crippen molar-refractivity contribution in [3.05, 3.63) is 10.4 Å². The molecule has 70 valence electrons. The Kier molecular flexibility index (Phi) is 1.53. The average molecular weight is 181 g/mol. The summed E-state index contributed by atoms with van der Waals surface area (Å²) in [6, 6.07) is 0.00491. The summed E-state index contributed by atoms with van der Waals surface area (Å²) < 4.78 is 11.5. The Morgan fingerprint density at radius 2 is 2.00 bits per heavy atom. The van der Waals surface area contributed by atoms with E-state index in [9.17, 15) is 0 Å². The van der Waals surface area contributed by atoms with Gasteiger partial charge in [0, 0.05) is 4.91 Å². The molecule has 0 aromatic carbocycles. The van der Waals surface area contributed by atoms with E-state index in [0.717, 1.165) is 19.3 Å². The van der Waals surface area contributed by atoms with Crippen LogP contribution in [0.4, 0.5) is 0 Å². The zero-order chi connectivity index (χ0) is 8.84. The number of rotatable bonds is 1. The van der Waals surface area contributed by atoms with Crippen LogP contribution in [0, 0.1) is 0 Å². The van der Waals surface area contributed by atoms with Gasteiger partial charge >= 0.3 is 0 Å². The molecule has 5 saturated heterocycles. The first-order valence-electron chi connectivity index (χ1n) is 4.73. The number of hydrogen-bond acceptors (Lipinski definition) is 3. The summed E-state index contributed by atoms with van der Waals surface area (Å²) in [6.45, 7) is 0. The molecule has 0 aliphatic carbocycles. The van der Waals surface area contributed by atoms with Gasteiger partial charge in [-0.2, -0.15) is 0 Å². The van der Waals surface area contributed by atoms with Crippen molar-refractivity contribution in [2.24, 2.45) is 5.11 Å². The Balaban J connectivity index is 1.88. The van der Waals surface area contributed by atoms with Crippen LogP contribution in [0.15, 0.2) is 5.11 Å². The molecule has 5 heterocycles. The molecule has 5 heteroatoms. The third-order valence-electron chi connectivity index (χ3n) is 3.25. The fraction of sp³-hybridized carbons (Fsp3) is 1.00. The highest BCUT2D eigenvalue weighted by molar-refractivity contribution is 5.02. The van der Waals surface area contributed by atoms with Crippen molar-refractivity contribution in [2.75, 3.05) is 0 Å².